The molecule has 0 amide bonds. The summed E-state index contributed by atoms with van der Waals surface area (Å²) in [7, 11) is 3.50. The molecule has 4 nitrogen and oxygen atoms in total. The summed E-state index contributed by atoms with van der Waals surface area (Å²) in [5.41, 5.74) is 7.10. The fourth-order valence-corrected chi connectivity index (χ4v) is 1.57. The molecule has 0 saturated carbocycles. The van der Waals surface area contributed by atoms with Gasteiger partial charge in [-0.25, -0.2) is 0 Å². The van der Waals surface area contributed by atoms with Gasteiger partial charge in [-0.15, -0.1) is 5.10 Å². The molecular formula is C11H21N3O. The van der Waals surface area contributed by atoms with Gasteiger partial charge >= 0.3 is 0 Å². The number of nitrogens with two attached hydrogens (primary N) is 1. The highest BCUT2D eigenvalue weighted by atomic mass is 16.5. The molecule has 0 spiro atoms. The lowest BCUT2D eigenvalue weighted by Gasteiger charge is -2.12. The predicted molar refractivity (Wildman–Crippen MR) is 60.8 cm³/mol. The molecular weight excluding hydrogens is 190 g/mol. The number of nitrogens with zero attached hydrogens (tertiary/aromatic N) is 2. The second-order valence-corrected chi connectivity index (χ2v) is 4.35. The Morgan fingerprint density at radius 1 is 1.47 bits per heavy atom. The molecule has 1 heterocycles. The van der Waals surface area contributed by atoms with Crippen molar-refractivity contribution in [2.75, 3.05) is 7.11 Å². The fourth-order valence-electron chi connectivity index (χ4n) is 1.57. The highest BCUT2D eigenvalue weighted by Crippen LogP contribution is 2.25. The molecule has 0 aliphatic carbocycles. The molecule has 1 aromatic rings. The highest BCUT2D eigenvalue weighted by Gasteiger charge is 2.15. The molecule has 2 N–H and O–H groups in total. The minimum atomic E-state index is 0.0241. The first-order valence-electron chi connectivity index (χ1n) is 5.37. The fraction of sp³-hybridized carbons (Fsp3) is 0.727. The molecule has 86 valence electrons. The van der Waals surface area contributed by atoms with Gasteiger partial charge in [0, 0.05) is 19.3 Å². The van der Waals surface area contributed by atoms with Crippen LogP contribution in [0.15, 0.2) is 6.20 Å². The molecule has 0 saturated heterocycles. The van der Waals surface area contributed by atoms with Crippen molar-refractivity contribution >= 4 is 0 Å². The van der Waals surface area contributed by atoms with E-state index in [4.69, 9.17) is 10.5 Å². The molecule has 1 unspecified atom stereocenters. The Morgan fingerprint density at radius 2 is 2.13 bits per heavy atom. The van der Waals surface area contributed by atoms with Crippen LogP contribution >= 0.6 is 0 Å². The van der Waals surface area contributed by atoms with E-state index >= 15 is 0 Å². The van der Waals surface area contributed by atoms with Gasteiger partial charge in [-0.2, -0.15) is 0 Å². The number of aryl methyl sites for hydroxylation is 1. The monoisotopic (exact) mass is 211 g/mol. The van der Waals surface area contributed by atoms with Crippen molar-refractivity contribution in [2.24, 2.45) is 18.7 Å². The number of hydrogen-bond acceptors (Lipinski definition) is 3. The van der Waals surface area contributed by atoms with E-state index in [9.17, 15) is 0 Å². The zero-order valence-corrected chi connectivity index (χ0v) is 10.0. The third-order valence-corrected chi connectivity index (χ3v) is 2.47. The molecule has 0 aromatic carbocycles. The summed E-state index contributed by atoms with van der Waals surface area (Å²) in [5.74, 6) is 1.33. The molecule has 1 rings (SSSR count). The maximum Gasteiger partial charge on any atom is 0.237 e. The van der Waals surface area contributed by atoms with Gasteiger partial charge in [-0.1, -0.05) is 13.8 Å². The Morgan fingerprint density at radius 3 is 2.67 bits per heavy atom. The smallest absolute Gasteiger partial charge is 0.237 e. The topological polar surface area (TPSA) is 53.1 Å². The third-order valence-electron chi connectivity index (χ3n) is 2.47. The minimum Gasteiger partial charge on any atom is -0.480 e. The molecule has 0 aliphatic rings. The summed E-state index contributed by atoms with van der Waals surface area (Å²) in [6.07, 6.45) is 4.03. The van der Waals surface area contributed by atoms with Gasteiger partial charge < -0.3 is 10.5 Å². The van der Waals surface area contributed by atoms with E-state index in [-0.39, 0.29) is 6.04 Å². The lowest BCUT2D eigenvalue weighted by molar-refractivity contribution is 0.382. The molecule has 0 fully saturated rings. The average Bonchev–Trinajstić information content (AvgIpc) is 2.56. The second-order valence-electron chi connectivity index (χ2n) is 4.35. The first kappa shape index (κ1) is 12.0. The lowest BCUT2D eigenvalue weighted by Crippen LogP contribution is -2.11. The molecule has 15 heavy (non-hydrogen) atoms. The number of methoxy groups -OCH3 is 1. The predicted octanol–water partition coefficient (Wildman–Crippen LogP) is 1.86. The van der Waals surface area contributed by atoms with Crippen molar-refractivity contribution in [1.82, 2.24) is 9.78 Å². The minimum absolute atomic E-state index is 0.0241. The van der Waals surface area contributed by atoms with Gasteiger partial charge in [0.25, 0.3) is 0 Å². The standard InChI is InChI=1S/C11H21N3O/c1-8(2)5-6-10(12)9-7-14(3)13-11(9)15-4/h7-8,10H,5-6,12H2,1-4H3. The lowest BCUT2D eigenvalue weighted by atomic mass is 10.0. The van der Waals surface area contributed by atoms with Gasteiger partial charge in [0.05, 0.1) is 12.7 Å². The van der Waals surface area contributed by atoms with Crippen LogP contribution in [-0.4, -0.2) is 16.9 Å². The summed E-state index contributed by atoms with van der Waals surface area (Å²) in [5, 5.41) is 4.19. The molecule has 0 bridgehead atoms. The van der Waals surface area contributed by atoms with Gasteiger partial charge in [0.1, 0.15) is 0 Å². The number of hydrogen-bond donors (Lipinski definition) is 1. The van der Waals surface area contributed by atoms with Crippen LogP contribution in [0.3, 0.4) is 0 Å². The van der Waals surface area contributed by atoms with Gasteiger partial charge in [0.15, 0.2) is 0 Å². The second kappa shape index (κ2) is 5.16. The number of ether oxygens (including phenoxy) is 1. The maximum absolute atomic E-state index is 6.10. The molecule has 0 radical (unpaired) electrons. The first-order valence-corrected chi connectivity index (χ1v) is 5.37. The van der Waals surface area contributed by atoms with Gasteiger partial charge in [0.2, 0.25) is 5.88 Å². The number of aromatic nitrogens is 2. The Kier molecular flexibility index (Phi) is 4.15. The Hall–Kier alpha value is -1.03. The average molecular weight is 211 g/mol. The van der Waals surface area contributed by atoms with Crippen LogP contribution in [-0.2, 0) is 7.05 Å². The molecule has 1 aromatic heterocycles. The van der Waals surface area contributed by atoms with Crippen molar-refractivity contribution < 1.29 is 4.74 Å². The quantitative estimate of drug-likeness (QED) is 0.809. The van der Waals surface area contributed by atoms with Crippen molar-refractivity contribution in [3.05, 3.63) is 11.8 Å². The van der Waals surface area contributed by atoms with E-state index in [1.807, 2.05) is 13.2 Å². The Labute approximate surface area is 91.4 Å². The summed E-state index contributed by atoms with van der Waals surface area (Å²) < 4.78 is 6.92. The molecule has 0 aliphatic heterocycles. The van der Waals surface area contributed by atoms with Gasteiger partial charge in [-0.3, -0.25) is 4.68 Å². The van der Waals surface area contributed by atoms with Crippen LogP contribution in [0.4, 0.5) is 0 Å². The number of rotatable bonds is 5. The van der Waals surface area contributed by atoms with E-state index < -0.39 is 0 Å². The van der Waals surface area contributed by atoms with Crippen LogP contribution in [0, 0.1) is 5.92 Å². The summed E-state index contributed by atoms with van der Waals surface area (Å²) in [4.78, 5) is 0. The van der Waals surface area contributed by atoms with Crippen LogP contribution in [0.5, 0.6) is 5.88 Å². The van der Waals surface area contributed by atoms with E-state index in [0.29, 0.717) is 11.8 Å². The van der Waals surface area contributed by atoms with E-state index in [1.165, 1.54) is 0 Å². The van der Waals surface area contributed by atoms with Gasteiger partial charge in [-0.05, 0) is 18.8 Å². The van der Waals surface area contributed by atoms with Crippen molar-refractivity contribution in [3.8, 4) is 5.88 Å². The zero-order chi connectivity index (χ0) is 11.4. The Balaban J connectivity index is 2.67. The van der Waals surface area contributed by atoms with E-state index in [2.05, 4.69) is 18.9 Å². The third kappa shape index (κ3) is 3.23. The van der Waals surface area contributed by atoms with Crippen molar-refractivity contribution in [1.29, 1.82) is 0 Å². The largest absolute Gasteiger partial charge is 0.480 e. The van der Waals surface area contributed by atoms with Crippen molar-refractivity contribution in [2.45, 2.75) is 32.7 Å². The Bertz CT molecular complexity index is 307. The van der Waals surface area contributed by atoms with Crippen molar-refractivity contribution in [3.63, 3.8) is 0 Å². The molecule has 1 atom stereocenters. The SMILES string of the molecule is COc1nn(C)cc1C(N)CCC(C)C. The zero-order valence-electron chi connectivity index (χ0n) is 10.0. The first-order chi connectivity index (χ1) is 7.04. The summed E-state index contributed by atoms with van der Waals surface area (Å²) in [6, 6.07) is 0.0241. The highest BCUT2D eigenvalue weighted by molar-refractivity contribution is 5.26. The maximum atomic E-state index is 6.10. The molecule has 4 heteroatoms. The summed E-state index contributed by atoms with van der Waals surface area (Å²) >= 11 is 0. The van der Waals surface area contributed by atoms with E-state index in [0.717, 1.165) is 18.4 Å². The van der Waals surface area contributed by atoms with Crippen LogP contribution in [0.2, 0.25) is 0 Å². The van der Waals surface area contributed by atoms with Crippen LogP contribution in [0.25, 0.3) is 0 Å². The van der Waals surface area contributed by atoms with Crippen LogP contribution in [0.1, 0.15) is 38.3 Å². The van der Waals surface area contributed by atoms with Crippen LogP contribution < -0.4 is 10.5 Å². The summed E-state index contributed by atoms with van der Waals surface area (Å²) in [6.45, 7) is 4.40. The van der Waals surface area contributed by atoms with E-state index in [1.54, 1.807) is 11.8 Å². The normalized spacial score (nSPS) is 13.2.